The zero-order chi connectivity index (χ0) is 16.3. The maximum absolute atomic E-state index is 12.6. The fourth-order valence-electron chi connectivity index (χ4n) is 1.66. The average molecular weight is 330 g/mol. The molecule has 4 nitrogen and oxygen atoms in total. The van der Waals surface area contributed by atoms with Gasteiger partial charge >= 0.3 is 12.2 Å². The number of carbonyl (C=O) groups excluding carboxylic acids is 1. The molecule has 0 spiro atoms. The van der Waals surface area contributed by atoms with E-state index in [1.165, 1.54) is 12.1 Å². The lowest BCUT2D eigenvalue weighted by Crippen LogP contribution is -2.26. The fourth-order valence-corrected chi connectivity index (χ4v) is 1.81. The van der Waals surface area contributed by atoms with E-state index in [-0.39, 0.29) is 5.69 Å². The van der Waals surface area contributed by atoms with E-state index in [4.69, 9.17) is 17.5 Å². The number of amides is 2. The number of rotatable bonds is 2. The number of hydrogen-bond donors (Lipinski definition) is 2. The van der Waals surface area contributed by atoms with Crippen LogP contribution in [0.2, 0.25) is 0 Å². The molecule has 8 heteroatoms. The second kappa shape index (κ2) is 6.15. The Balaban J connectivity index is 2.15. The molecule has 2 amide bonds. The number of nitrogen functional groups attached to an aromatic ring is 1. The highest BCUT2D eigenvalue weighted by Crippen LogP contribution is 2.32. The Bertz CT molecular complexity index is 674. The quantitative estimate of drug-likeness (QED) is 0.630. The molecule has 0 aliphatic heterocycles. The molecule has 0 unspecified atom stereocenters. The number of nitrogens with one attached hydrogen (secondary N) is 1. The first-order chi connectivity index (χ1) is 10.3. The third-order valence-electron chi connectivity index (χ3n) is 2.74. The Morgan fingerprint density at radius 1 is 1.14 bits per heavy atom. The van der Waals surface area contributed by atoms with Crippen LogP contribution in [0.15, 0.2) is 48.5 Å². The average Bonchev–Trinajstić information content (AvgIpc) is 2.48. The van der Waals surface area contributed by atoms with Crippen LogP contribution in [0.5, 0.6) is 0 Å². The van der Waals surface area contributed by atoms with Gasteiger partial charge in [-0.25, -0.2) is 9.21 Å². The molecule has 0 heterocycles. The van der Waals surface area contributed by atoms with Gasteiger partial charge in [-0.15, -0.1) is 0 Å². The second-order valence-electron chi connectivity index (χ2n) is 4.38. The van der Waals surface area contributed by atoms with E-state index in [1.807, 2.05) is 0 Å². The van der Waals surface area contributed by atoms with Crippen LogP contribution in [-0.2, 0) is 6.18 Å². The van der Waals surface area contributed by atoms with Gasteiger partial charge in [0.2, 0.25) is 0 Å². The summed E-state index contributed by atoms with van der Waals surface area (Å²) in [6.45, 7) is 0. The van der Waals surface area contributed by atoms with E-state index in [9.17, 15) is 18.0 Å². The van der Waals surface area contributed by atoms with Crippen LogP contribution in [0.3, 0.4) is 0 Å². The molecule has 0 aliphatic carbocycles. The van der Waals surface area contributed by atoms with Crippen LogP contribution in [0.25, 0.3) is 0 Å². The SMILES string of the molecule is Nc1ccc(NC(=O)N(Cl)c2cccc(C(F)(F)F)c2)cc1. The van der Waals surface area contributed by atoms with Gasteiger partial charge in [0.15, 0.2) is 0 Å². The van der Waals surface area contributed by atoms with Gasteiger partial charge in [0.25, 0.3) is 0 Å². The minimum atomic E-state index is -4.51. The predicted octanol–water partition coefficient (Wildman–Crippen LogP) is 4.48. The lowest BCUT2D eigenvalue weighted by molar-refractivity contribution is -0.137. The van der Waals surface area contributed by atoms with Crippen molar-refractivity contribution in [2.24, 2.45) is 0 Å². The molecular weight excluding hydrogens is 319 g/mol. The molecule has 2 rings (SSSR count). The van der Waals surface area contributed by atoms with Gasteiger partial charge in [-0.2, -0.15) is 13.2 Å². The summed E-state index contributed by atoms with van der Waals surface area (Å²) < 4.78 is 38.5. The minimum Gasteiger partial charge on any atom is -0.399 e. The van der Waals surface area contributed by atoms with Crippen molar-refractivity contribution in [1.82, 2.24) is 0 Å². The van der Waals surface area contributed by atoms with Crippen molar-refractivity contribution in [3.63, 3.8) is 0 Å². The largest absolute Gasteiger partial charge is 0.416 e. The van der Waals surface area contributed by atoms with Crippen LogP contribution < -0.4 is 15.5 Å². The molecule has 0 aliphatic rings. The van der Waals surface area contributed by atoms with E-state index in [0.29, 0.717) is 15.8 Å². The molecule has 0 saturated carbocycles. The van der Waals surface area contributed by atoms with Crippen molar-refractivity contribution in [1.29, 1.82) is 0 Å². The van der Waals surface area contributed by atoms with Crippen molar-refractivity contribution in [3.8, 4) is 0 Å². The molecule has 0 radical (unpaired) electrons. The number of carbonyl (C=O) groups is 1. The Morgan fingerprint density at radius 2 is 1.77 bits per heavy atom. The highest BCUT2D eigenvalue weighted by Gasteiger charge is 2.31. The summed E-state index contributed by atoms with van der Waals surface area (Å²) in [6, 6.07) is 9.59. The number of hydrogen-bond acceptors (Lipinski definition) is 2. The predicted molar refractivity (Wildman–Crippen MR) is 79.6 cm³/mol. The van der Waals surface area contributed by atoms with Gasteiger partial charge < -0.3 is 11.1 Å². The van der Waals surface area contributed by atoms with Gasteiger partial charge in [-0.1, -0.05) is 6.07 Å². The van der Waals surface area contributed by atoms with Crippen molar-refractivity contribution >= 4 is 34.9 Å². The smallest absolute Gasteiger partial charge is 0.399 e. The van der Waals surface area contributed by atoms with Gasteiger partial charge in [-0.05, 0) is 42.5 Å². The molecule has 0 bridgehead atoms. The molecular formula is C14H11ClF3N3O. The standard InChI is InChI=1S/C14H11ClF3N3O/c15-21(12-3-1-2-9(8-12)14(16,17)18)13(22)20-11-6-4-10(19)5-7-11/h1-8H,19H2,(H,20,22). The first-order valence-electron chi connectivity index (χ1n) is 6.07. The van der Waals surface area contributed by atoms with Gasteiger partial charge in [0, 0.05) is 23.2 Å². The summed E-state index contributed by atoms with van der Waals surface area (Å²) in [6.07, 6.45) is -4.51. The molecule has 0 aromatic heterocycles. The summed E-state index contributed by atoms with van der Waals surface area (Å²) in [5.74, 6) is 0. The van der Waals surface area contributed by atoms with E-state index in [2.05, 4.69) is 5.32 Å². The summed E-state index contributed by atoms with van der Waals surface area (Å²) in [7, 11) is 0. The zero-order valence-corrected chi connectivity index (χ0v) is 11.8. The van der Waals surface area contributed by atoms with E-state index >= 15 is 0 Å². The van der Waals surface area contributed by atoms with Crippen LogP contribution in [-0.4, -0.2) is 6.03 Å². The molecule has 0 fully saturated rings. The number of nitrogens with zero attached hydrogens (tertiary/aromatic N) is 1. The molecule has 22 heavy (non-hydrogen) atoms. The first-order valence-corrected chi connectivity index (χ1v) is 6.41. The third-order valence-corrected chi connectivity index (χ3v) is 3.09. The van der Waals surface area contributed by atoms with Crippen molar-refractivity contribution in [2.75, 3.05) is 15.5 Å². The molecule has 116 valence electrons. The molecule has 0 atom stereocenters. The van der Waals surface area contributed by atoms with Crippen LogP contribution in [0, 0.1) is 0 Å². The number of urea groups is 1. The van der Waals surface area contributed by atoms with E-state index in [0.717, 1.165) is 12.1 Å². The first kappa shape index (κ1) is 16.0. The lowest BCUT2D eigenvalue weighted by Gasteiger charge is -2.16. The fraction of sp³-hybridized carbons (Fsp3) is 0.0714. The Labute approximate surface area is 129 Å². The monoisotopic (exact) mass is 329 g/mol. The summed E-state index contributed by atoms with van der Waals surface area (Å²) in [5, 5.41) is 2.44. The Morgan fingerprint density at radius 3 is 2.36 bits per heavy atom. The minimum absolute atomic E-state index is 0.0931. The van der Waals surface area contributed by atoms with E-state index in [1.54, 1.807) is 24.3 Å². The molecule has 2 aromatic rings. The Kier molecular flexibility index (Phi) is 4.46. The third kappa shape index (κ3) is 3.82. The van der Waals surface area contributed by atoms with Crippen molar-refractivity contribution in [2.45, 2.75) is 6.18 Å². The maximum Gasteiger partial charge on any atom is 0.416 e. The van der Waals surface area contributed by atoms with Crippen LogP contribution in [0.1, 0.15) is 5.56 Å². The zero-order valence-electron chi connectivity index (χ0n) is 11.1. The number of nitrogens with two attached hydrogens (primary N) is 1. The van der Waals surface area contributed by atoms with Crippen LogP contribution in [0.4, 0.5) is 35.0 Å². The summed E-state index contributed by atoms with van der Waals surface area (Å²) >= 11 is 5.79. The normalized spacial score (nSPS) is 11.1. The number of benzene rings is 2. The highest BCUT2D eigenvalue weighted by atomic mass is 35.5. The van der Waals surface area contributed by atoms with Crippen molar-refractivity contribution < 1.29 is 18.0 Å². The lowest BCUT2D eigenvalue weighted by atomic mass is 10.2. The van der Waals surface area contributed by atoms with Gasteiger partial charge in [0.05, 0.1) is 11.3 Å². The maximum atomic E-state index is 12.6. The molecule has 2 aromatic carbocycles. The number of halogens is 4. The molecule has 3 N–H and O–H groups in total. The highest BCUT2D eigenvalue weighted by molar-refractivity contribution is 6.38. The number of alkyl halides is 3. The molecule has 0 saturated heterocycles. The second-order valence-corrected chi connectivity index (χ2v) is 4.72. The summed E-state index contributed by atoms with van der Waals surface area (Å²) in [5.41, 5.74) is 5.45. The van der Waals surface area contributed by atoms with Gasteiger partial charge in [0.1, 0.15) is 0 Å². The summed E-state index contributed by atoms with van der Waals surface area (Å²) in [4.78, 5) is 11.9. The van der Waals surface area contributed by atoms with Gasteiger partial charge in [-0.3, -0.25) is 0 Å². The van der Waals surface area contributed by atoms with Crippen LogP contribution >= 0.6 is 11.8 Å². The number of anilines is 3. The Hall–Kier alpha value is -2.41. The van der Waals surface area contributed by atoms with E-state index < -0.39 is 17.8 Å². The van der Waals surface area contributed by atoms with Crippen molar-refractivity contribution in [3.05, 3.63) is 54.1 Å². The topological polar surface area (TPSA) is 58.4 Å².